The second-order valence-corrected chi connectivity index (χ2v) is 5.03. The molecule has 76 valence electrons. The third-order valence-corrected chi connectivity index (χ3v) is 4.02. The van der Waals surface area contributed by atoms with Gasteiger partial charge in [-0.1, -0.05) is 19.3 Å². The Morgan fingerprint density at radius 1 is 0.846 bits per heavy atom. The molecule has 0 aromatic rings. The smallest absolute Gasteiger partial charge is 0.0491 e. The van der Waals surface area contributed by atoms with E-state index >= 15 is 0 Å². The van der Waals surface area contributed by atoms with E-state index in [1.54, 1.807) is 0 Å². The number of likely N-dealkylation sites (tertiary alicyclic amines) is 1. The summed E-state index contributed by atoms with van der Waals surface area (Å²) in [5.74, 6) is 0. The standard InChI is InChI=1S/C11H20ClN/c12-10-6-2-3-7-11(10)13-8-4-1-5-9-13/h10-11H,1-9H2/t10-,11-/m1/s1. The monoisotopic (exact) mass is 201 g/mol. The van der Waals surface area contributed by atoms with Crippen LogP contribution in [-0.4, -0.2) is 29.4 Å². The van der Waals surface area contributed by atoms with Crippen LogP contribution in [0.25, 0.3) is 0 Å². The number of hydrogen-bond donors (Lipinski definition) is 0. The maximum absolute atomic E-state index is 6.37. The normalized spacial score (nSPS) is 37.6. The minimum atomic E-state index is 0.437. The van der Waals surface area contributed by atoms with Crippen LogP contribution in [0.15, 0.2) is 0 Å². The summed E-state index contributed by atoms with van der Waals surface area (Å²) in [5, 5.41) is 0.437. The molecule has 0 aromatic heterocycles. The van der Waals surface area contributed by atoms with Crippen molar-refractivity contribution >= 4 is 11.6 Å². The van der Waals surface area contributed by atoms with E-state index in [9.17, 15) is 0 Å². The highest BCUT2D eigenvalue weighted by Crippen LogP contribution is 2.28. The van der Waals surface area contributed by atoms with Crippen LogP contribution < -0.4 is 0 Å². The van der Waals surface area contributed by atoms with Crippen molar-refractivity contribution in [1.82, 2.24) is 4.90 Å². The van der Waals surface area contributed by atoms with Crippen molar-refractivity contribution in [3.05, 3.63) is 0 Å². The molecule has 2 rings (SSSR count). The summed E-state index contributed by atoms with van der Waals surface area (Å²) in [6.07, 6.45) is 9.52. The van der Waals surface area contributed by atoms with E-state index in [0.29, 0.717) is 11.4 Å². The van der Waals surface area contributed by atoms with Gasteiger partial charge in [-0.2, -0.15) is 0 Å². The second kappa shape index (κ2) is 4.65. The summed E-state index contributed by atoms with van der Waals surface area (Å²) in [5.41, 5.74) is 0. The molecule has 0 spiro atoms. The Morgan fingerprint density at radius 3 is 2.23 bits per heavy atom. The lowest BCUT2D eigenvalue weighted by Gasteiger charge is -2.39. The molecule has 2 fully saturated rings. The van der Waals surface area contributed by atoms with Crippen molar-refractivity contribution in [3.8, 4) is 0 Å². The molecule has 1 heterocycles. The van der Waals surface area contributed by atoms with E-state index < -0.39 is 0 Å². The van der Waals surface area contributed by atoms with E-state index in [4.69, 9.17) is 11.6 Å². The highest BCUT2D eigenvalue weighted by Gasteiger charge is 2.29. The quantitative estimate of drug-likeness (QED) is 0.590. The average Bonchev–Trinajstić information content (AvgIpc) is 2.20. The largest absolute Gasteiger partial charge is 0.299 e. The number of alkyl halides is 1. The van der Waals surface area contributed by atoms with Crippen LogP contribution in [-0.2, 0) is 0 Å². The fraction of sp³-hybridized carbons (Fsp3) is 1.00. The zero-order chi connectivity index (χ0) is 9.10. The van der Waals surface area contributed by atoms with Crippen molar-refractivity contribution in [2.24, 2.45) is 0 Å². The second-order valence-electron chi connectivity index (χ2n) is 4.46. The SMILES string of the molecule is Cl[C@@H]1CCCC[C@H]1N1CCCCC1. The topological polar surface area (TPSA) is 3.24 Å². The van der Waals surface area contributed by atoms with E-state index in [1.807, 2.05) is 0 Å². The summed E-state index contributed by atoms with van der Waals surface area (Å²) in [4.78, 5) is 2.64. The zero-order valence-electron chi connectivity index (χ0n) is 8.34. The van der Waals surface area contributed by atoms with Crippen molar-refractivity contribution in [1.29, 1.82) is 0 Å². The summed E-state index contributed by atoms with van der Waals surface area (Å²) < 4.78 is 0. The molecule has 1 aliphatic carbocycles. The van der Waals surface area contributed by atoms with Gasteiger partial charge in [-0.15, -0.1) is 11.6 Å². The third-order valence-electron chi connectivity index (χ3n) is 3.51. The number of piperidine rings is 1. The minimum absolute atomic E-state index is 0.437. The molecule has 0 N–H and O–H groups in total. The van der Waals surface area contributed by atoms with Crippen LogP contribution in [0, 0.1) is 0 Å². The third kappa shape index (κ3) is 2.38. The summed E-state index contributed by atoms with van der Waals surface area (Å²) >= 11 is 6.37. The minimum Gasteiger partial charge on any atom is -0.299 e. The van der Waals surface area contributed by atoms with Gasteiger partial charge in [-0.05, 0) is 38.8 Å². The predicted molar refractivity (Wildman–Crippen MR) is 57.3 cm³/mol. The first kappa shape index (κ1) is 9.79. The van der Waals surface area contributed by atoms with Gasteiger partial charge < -0.3 is 0 Å². The number of hydrogen-bond acceptors (Lipinski definition) is 1. The van der Waals surface area contributed by atoms with E-state index in [-0.39, 0.29) is 0 Å². The van der Waals surface area contributed by atoms with Gasteiger partial charge >= 0.3 is 0 Å². The van der Waals surface area contributed by atoms with Gasteiger partial charge in [-0.3, -0.25) is 4.90 Å². The lowest BCUT2D eigenvalue weighted by molar-refractivity contribution is 0.134. The van der Waals surface area contributed by atoms with Crippen LogP contribution in [0.4, 0.5) is 0 Å². The Labute approximate surface area is 86.4 Å². The molecule has 0 unspecified atom stereocenters. The van der Waals surface area contributed by atoms with E-state index in [2.05, 4.69) is 4.90 Å². The van der Waals surface area contributed by atoms with Crippen molar-refractivity contribution in [2.75, 3.05) is 13.1 Å². The Kier molecular flexibility index (Phi) is 3.51. The zero-order valence-corrected chi connectivity index (χ0v) is 9.10. The molecule has 13 heavy (non-hydrogen) atoms. The molecule has 0 aromatic carbocycles. The fourth-order valence-corrected chi connectivity index (χ4v) is 3.17. The average molecular weight is 202 g/mol. The van der Waals surface area contributed by atoms with Gasteiger partial charge in [0.25, 0.3) is 0 Å². The van der Waals surface area contributed by atoms with Gasteiger partial charge in [0, 0.05) is 11.4 Å². The van der Waals surface area contributed by atoms with E-state index in [1.165, 1.54) is 58.0 Å². The Balaban J connectivity index is 1.88. The Hall–Kier alpha value is 0.250. The van der Waals surface area contributed by atoms with Crippen molar-refractivity contribution in [3.63, 3.8) is 0 Å². The lowest BCUT2D eigenvalue weighted by Crippen LogP contribution is -2.45. The van der Waals surface area contributed by atoms with Crippen LogP contribution in [0.1, 0.15) is 44.9 Å². The molecule has 2 aliphatic rings. The molecule has 2 atom stereocenters. The van der Waals surface area contributed by atoms with Crippen LogP contribution >= 0.6 is 11.6 Å². The maximum atomic E-state index is 6.37. The van der Waals surface area contributed by atoms with Crippen LogP contribution in [0.3, 0.4) is 0 Å². The molecule has 1 saturated carbocycles. The molecule has 0 bridgehead atoms. The highest BCUT2D eigenvalue weighted by atomic mass is 35.5. The summed E-state index contributed by atoms with van der Waals surface area (Å²) in [7, 11) is 0. The first-order valence-electron chi connectivity index (χ1n) is 5.76. The van der Waals surface area contributed by atoms with Crippen LogP contribution in [0.2, 0.25) is 0 Å². The summed E-state index contributed by atoms with van der Waals surface area (Å²) in [6.45, 7) is 2.60. The maximum Gasteiger partial charge on any atom is 0.0491 e. The number of rotatable bonds is 1. The van der Waals surface area contributed by atoms with Gasteiger partial charge in [0.2, 0.25) is 0 Å². The molecule has 1 aliphatic heterocycles. The predicted octanol–water partition coefficient (Wildman–Crippen LogP) is 3.02. The Morgan fingerprint density at radius 2 is 1.54 bits per heavy atom. The molecule has 2 heteroatoms. The molecule has 0 amide bonds. The number of nitrogens with zero attached hydrogens (tertiary/aromatic N) is 1. The van der Waals surface area contributed by atoms with Crippen molar-refractivity contribution < 1.29 is 0 Å². The summed E-state index contributed by atoms with van der Waals surface area (Å²) in [6, 6.07) is 0.704. The lowest BCUT2D eigenvalue weighted by atomic mass is 9.92. The molecule has 0 radical (unpaired) electrons. The molecular formula is C11H20ClN. The first-order valence-corrected chi connectivity index (χ1v) is 6.20. The van der Waals surface area contributed by atoms with Gasteiger partial charge in [-0.25, -0.2) is 0 Å². The highest BCUT2D eigenvalue weighted by molar-refractivity contribution is 6.21. The van der Waals surface area contributed by atoms with Crippen molar-refractivity contribution in [2.45, 2.75) is 56.4 Å². The molecular weight excluding hydrogens is 182 g/mol. The van der Waals surface area contributed by atoms with E-state index in [0.717, 1.165) is 0 Å². The van der Waals surface area contributed by atoms with Gasteiger partial charge in [0.15, 0.2) is 0 Å². The van der Waals surface area contributed by atoms with Gasteiger partial charge in [0.05, 0.1) is 0 Å². The fourth-order valence-electron chi connectivity index (χ4n) is 2.73. The van der Waals surface area contributed by atoms with Gasteiger partial charge in [0.1, 0.15) is 0 Å². The Bertz CT molecular complexity index is 154. The molecule has 1 nitrogen and oxygen atoms in total. The first-order chi connectivity index (χ1) is 6.38. The molecule has 1 saturated heterocycles. The van der Waals surface area contributed by atoms with Crippen LogP contribution in [0.5, 0.6) is 0 Å². The number of halogens is 1.